The summed E-state index contributed by atoms with van der Waals surface area (Å²) >= 11 is 0. The molecule has 10 rings (SSSR count). The molecule has 10 aromatic rings. The first-order valence-electron chi connectivity index (χ1n) is 19.1. The topological polar surface area (TPSA) is 16.4 Å². The van der Waals surface area contributed by atoms with Gasteiger partial charge in [-0.05, 0) is 91.9 Å². The van der Waals surface area contributed by atoms with Crippen molar-refractivity contribution in [2.75, 3.05) is 4.90 Å². The van der Waals surface area contributed by atoms with Gasteiger partial charge in [-0.3, -0.25) is 0 Å². The van der Waals surface area contributed by atoms with Gasteiger partial charge >= 0.3 is 0 Å². The first kappa shape index (κ1) is 32.7. The lowest BCUT2D eigenvalue weighted by atomic mass is 9.94. The van der Waals surface area contributed by atoms with E-state index in [0.717, 1.165) is 44.4 Å². The van der Waals surface area contributed by atoms with Gasteiger partial charge in [0.2, 0.25) is 0 Å². The summed E-state index contributed by atoms with van der Waals surface area (Å²) in [7, 11) is 0. The molecule has 0 amide bonds. The molecule has 0 radical (unpaired) electrons. The van der Waals surface area contributed by atoms with E-state index >= 15 is 0 Å². The van der Waals surface area contributed by atoms with E-state index in [0.29, 0.717) is 5.92 Å². The van der Waals surface area contributed by atoms with E-state index in [-0.39, 0.29) is 0 Å². The van der Waals surface area contributed by atoms with Gasteiger partial charge in [0.1, 0.15) is 11.2 Å². The molecule has 0 spiro atoms. The van der Waals surface area contributed by atoms with Crippen molar-refractivity contribution < 1.29 is 4.42 Å². The van der Waals surface area contributed by atoms with E-state index in [2.05, 4.69) is 201 Å². The summed E-state index contributed by atoms with van der Waals surface area (Å²) in [5.41, 5.74) is 13.6. The maximum atomic E-state index is 6.42. The Morgan fingerprint density at radius 1 is 0.400 bits per heavy atom. The molecular weight excluding hydrogens is 667 g/mol. The van der Waals surface area contributed by atoms with Gasteiger partial charge < -0.3 is 9.32 Å². The van der Waals surface area contributed by atoms with Gasteiger partial charge in [-0.2, -0.15) is 0 Å². The van der Waals surface area contributed by atoms with Crippen LogP contribution in [0.15, 0.2) is 199 Å². The Kier molecular flexibility index (Phi) is 8.03. The Hall–Kier alpha value is -6.90. The molecule has 0 aliphatic heterocycles. The van der Waals surface area contributed by atoms with Crippen LogP contribution in [-0.2, 0) is 0 Å². The van der Waals surface area contributed by atoms with Crippen LogP contribution < -0.4 is 4.90 Å². The molecule has 2 heteroatoms. The highest BCUT2D eigenvalue weighted by atomic mass is 16.3. The van der Waals surface area contributed by atoms with E-state index in [4.69, 9.17) is 4.42 Å². The summed E-state index contributed by atoms with van der Waals surface area (Å²) in [6.07, 6.45) is 0. The van der Waals surface area contributed by atoms with Gasteiger partial charge in [0.05, 0.1) is 5.69 Å². The van der Waals surface area contributed by atoms with Crippen molar-refractivity contribution in [1.29, 1.82) is 0 Å². The molecule has 1 heterocycles. The van der Waals surface area contributed by atoms with Crippen LogP contribution in [0.4, 0.5) is 17.1 Å². The summed E-state index contributed by atoms with van der Waals surface area (Å²) in [4.78, 5) is 2.41. The molecule has 0 saturated carbocycles. The smallest absolute Gasteiger partial charge is 0.143 e. The van der Waals surface area contributed by atoms with Crippen molar-refractivity contribution in [2.24, 2.45) is 0 Å². The number of rotatable bonds is 7. The highest BCUT2D eigenvalue weighted by molar-refractivity contribution is 6.09. The van der Waals surface area contributed by atoms with Gasteiger partial charge in [0, 0.05) is 33.1 Å². The lowest BCUT2D eigenvalue weighted by Gasteiger charge is -2.28. The Labute approximate surface area is 321 Å². The lowest BCUT2D eigenvalue weighted by Crippen LogP contribution is -2.11. The summed E-state index contributed by atoms with van der Waals surface area (Å²) in [6, 6.07) is 70.1. The van der Waals surface area contributed by atoms with Crippen LogP contribution in [0.25, 0.3) is 76.9 Å². The first-order chi connectivity index (χ1) is 27.1. The van der Waals surface area contributed by atoms with Gasteiger partial charge in [-0.15, -0.1) is 0 Å². The molecule has 0 aliphatic rings. The average Bonchev–Trinajstić information content (AvgIpc) is 3.63. The van der Waals surface area contributed by atoms with Crippen molar-refractivity contribution in [1.82, 2.24) is 0 Å². The maximum absolute atomic E-state index is 6.42. The van der Waals surface area contributed by atoms with E-state index in [1.807, 2.05) is 12.1 Å². The van der Waals surface area contributed by atoms with E-state index < -0.39 is 0 Å². The van der Waals surface area contributed by atoms with Gasteiger partial charge in [-0.25, -0.2) is 0 Å². The summed E-state index contributed by atoms with van der Waals surface area (Å²) in [5.74, 6) is 0.373. The standard InChI is InChI=1S/C53H39NO/c1-35(2)44-17-8-13-41-14-9-21-50(52(41)44)54(43-33-29-40(30-34-43)47-19-10-20-49-48-16-5-6-22-51(48)55-53(47)49)42-31-27-37(28-32-42)36-23-25-39(26-24-36)46-18-7-12-38-11-3-4-15-45(38)46/h3-35H,1-2H3. The molecule has 0 bridgehead atoms. The monoisotopic (exact) mass is 705 g/mol. The quantitative estimate of drug-likeness (QED) is 0.164. The molecule has 55 heavy (non-hydrogen) atoms. The molecule has 2 nitrogen and oxygen atoms in total. The number of fused-ring (bicyclic) bond motifs is 5. The fraction of sp³-hybridized carbons (Fsp3) is 0.0566. The minimum Gasteiger partial charge on any atom is -0.455 e. The summed E-state index contributed by atoms with van der Waals surface area (Å²) < 4.78 is 6.42. The van der Waals surface area contributed by atoms with Crippen molar-refractivity contribution in [3.05, 3.63) is 200 Å². The minimum atomic E-state index is 0.373. The molecule has 1 aromatic heterocycles. The second-order valence-corrected chi connectivity index (χ2v) is 14.7. The molecule has 9 aromatic carbocycles. The number of hydrogen-bond acceptors (Lipinski definition) is 2. The van der Waals surface area contributed by atoms with Gasteiger partial charge in [0.25, 0.3) is 0 Å². The third-order valence-electron chi connectivity index (χ3n) is 11.1. The molecule has 262 valence electrons. The van der Waals surface area contributed by atoms with Crippen molar-refractivity contribution in [3.63, 3.8) is 0 Å². The number of nitrogens with zero attached hydrogens (tertiary/aromatic N) is 1. The van der Waals surface area contributed by atoms with Crippen LogP contribution in [0.5, 0.6) is 0 Å². The minimum absolute atomic E-state index is 0.373. The fourth-order valence-electron chi connectivity index (χ4n) is 8.33. The van der Waals surface area contributed by atoms with Crippen molar-refractivity contribution in [3.8, 4) is 33.4 Å². The summed E-state index contributed by atoms with van der Waals surface area (Å²) in [5, 5.41) is 7.33. The van der Waals surface area contributed by atoms with Crippen LogP contribution >= 0.6 is 0 Å². The molecule has 0 fully saturated rings. The predicted octanol–water partition coefficient (Wildman–Crippen LogP) is 15.5. The SMILES string of the molecule is CC(C)c1cccc2cccc(N(c3ccc(-c4ccc(-c5cccc6ccccc56)cc4)cc3)c3ccc(-c4cccc5c4oc4ccccc45)cc3)c12. The molecule has 0 atom stereocenters. The second-order valence-electron chi connectivity index (χ2n) is 14.7. The molecule has 0 N–H and O–H groups in total. The maximum Gasteiger partial charge on any atom is 0.143 e. The van der Waals surface area contributed by atoms with Crippen molar-refractivity contribution >= 4 is 60.5 Å². The Balaban J connectivity index is 1.05. The van der Waals surface area contributed by atoms with E-state index in [9.17, 15) is 0 Å². The van der Waals surface area contributed by atoms with E-state index in [1.165, 1.54) is 55.0 Å². The third-order valence-corrected chi connectivity index (χ3v) is 11.1. The third kappa shape index (κ3) is 5.75. The van der Waals surface area contributed by atoms with Gasteiger partial charge in [-0.1, -0.05) is 172 Å². The molecule has 0 aliphatic carbocycles. The summed E-state index contributed by atoms with van der Waals surface area (Å²) in [6.45, 7) is 4.56. The average molecular weight is 706 g/mol. The molecular formula is C53H39NO. The van der Waals surface area contributed by atoms with Crippen LogP contribution in [0.1, 0.15) is 25.3 Å². The van der Waals surface area contributed by atoms with Crippen LogP contribution in [0.2, 0.25) is 0 Å². The zero-order chi connectivity index (χ0) is 36.9. The van der Waals surface area contributed by atoms with Crippen LogP contribution in [0, 0.1) is 0 Å². The Morgan fingerprint density at radius 3 is 1.65 bits per heavy atom. The fourth-order valence-corrected chi connectivity index (χ4v) is 8.33. The highest BCUT2D eigenvalue weighted by Gasteiger charge is 2.19. The van der Waals surface area contributed by atoms with E-state index in [1.54, 1.807) is 0 Å². The number of anilines is 3. The Bertz CT molecular complexity index is 2980. The molecule has 0 unspecified atom stereocenters. The predicted molar refractivity (Wildman–Crippen MR) is 234 cm³/mol. The molecule has 0 saturated heterocycles. The van der Waals surface area contributed by atoms with Crippen LogP contribution in [0.3, 0.4) is 0 Å². The number of para-hydroxylation sites is 2. The highest BCUT2D eigenvalue weighted by Crippen LogP contribution is 2.43. The zero-order valence-corrected chi connectivity index (χ0v) is 30.9. The zero-order valence-electron chi connectivity index (χ0n) is 30.9. The van der Waals surface area contributed by atoms with Crippen molar-refractivity contribution in [2.45, 2.75) is 19.8 Å². The van der Waals surface area contributed by atoms with Gasteiger partial charge in [0.15, 0.2) is 0 Å². The second kappa shape index (κ2) is 13.5. The first-order valence-corrected chi connectivity index (χ1v) is 19.1. The number of furan rings is 1. The number of benzene rings is 9. The van der Waals surface area contributed by atoms with Crippen LogP contribution in [-0.4, -0.2) is 0 Å². The normalized spacial score (nSPS) is 11.6. The largest absolute Gasteiger partial charge is 0.455 e. The Morgan fingerprint density at radius 2 is 0.909 bits per heavy atom. The lowest BCUT2D eigenvalue weighted by molar-refractivity contribution is 0.670. The number of hydrogen-bond donors (Lipinski definition) is 0.